The zero-order valence-electron chi connectivity index (χ0n) is 25.2. The van der Waals surface area contributed by atoms with Gasteiger partial charge in [-0.05, 0) is 70.4 Å². The lowest BCUT2D eigenvalue weighted by molar-refractivity contribution is 0.000554. The van der Waals surface area contributed by atoms with Gasteiger partial charge in [0.15, 0.2) is 11.6 Å². The van der Waals surface area contributed by atoms with Crippen molar-refractivity contribution in [3.8, 4) is 5.75 Å². The van der Waals surface area contributed by atoms with Gasteiger partial charge in [-0.3, -0.25) is 9.80 Å². The zero-order valence-corrected chi connectivity index (χ0v) is 25.2. The summed E-state index contributed by atoms with van der Waals surface area (Å²) in [7, 11) is 3.26. The summed E-state index contributed by atoms with van der Waals surface area (Å²) in [5.74, 6) is -0.173. The molecule has 41 heavy (non-hydrogen) atoms. The predicted molar refractivity (Wildman–Crippen MR) is 159 cm³/mol. The number of piperidine rings is 1. The number of hydrogen-bond acceptors (Lipinski definition) is 6. The first-order chi connectivity index (χ1) is 19.4. The minimum Gasteiger partial charge on any atom is -0.494 e. The van der Waals surface area contributed by atoms with Crippen LogP contribution in [0.4, 0.5) is 25.4 Å². The van der Waals surface area contributed by atoms with Crippen LogP contribution in [0.1, 0.15) is 46.1 Å². The van der Waals surface area contributed by atoms with Crippen LogP contribution in [0.3, 0.4) is 0 Å². The van der Waals surface area contributed by atoms with Gasteiger partial charge in [-0.2, -0.15) is 0 Å². The highest BCUT2D eigenvalue weighted by Crippen LogP contribution is 2.25. The molecule has 9 nitrogen and oxygen atoms in total. The molecule has 2 fully saturated rings. The normalized spacial score (nSPS) is 18.7. The number of carbonyl (C=O) groups is 2. The summed E-state index contributed by atoms with van der Waals surface area (Å²) in [6.45, 7) is 12.0. The molecule has 2 aromatic rings. The highest BCUT2D eigenvalue weighted by molar-refractivity contribution is 5.91. The zero-order chi connectivity index (χ0) is 29.7. The fraction of sp³-hybridized carbons (Fsp3) is 0.548. The third-order valence-electron chi connectivity index (χ3n) is 7.64. The van der Waals surface area contributed by atoms with Gasteiger partial charge >= 0.3 is 12.1 Å². The average molecular weight is 570 g/mol. The standard InChI is InChI=1S/C31H44FN5O4/c1-22-20-35(17-18-37(22)30(39)41-31(2,3)4)21-23-7-10-26(11-8-23)34(5)29(38)36-15-13-24(14-16-36)33-25-9-12-27(32)28(19-25)40-6/h7-12,19,22,24,33H,13-18,20-21H2,1-6H3/t22-/m0/s1. The van der Waals surface area contributed by atoms with Crippen molar-refractivity contribution in [1.82, 2.24) is 14.7 Å². The summed E-state index contributed by atoms with van der Waals surface area (Å²) in [5, 5.41) is 3.43. The number of likely N-dealkylation sites (tertiary alicyclic amines) is 1. The third kappa shape index (κ3) is 8.03. The quantitative estimate of drug-likeness (QED) is 0.502. The largest absolute Gasteiger partial charge is 0.494 e. The van der Waals surface area contributed by atoms with Gasteiger partial charge in [-0.1, -0.05) is 12.1 Å². The summed E-state index contributed by atoms with van der Waals surface area (Å²) in [6, 6.07) is 13.1. The molecule has 2 aliphatic heterocycles. The predicted octanol–water partition coefficient (Wildman–Crippen LogP) is 5.41. The van der Waals surface area contributed by atoms with Crippen LogP contribution in [-0.2, 0) is 11.3 Å². The molecule has 2 heterocycles. The summed E-state index contributed by atoms with van der Waals surface area (Å²) in [5.41, 5.74) is 2.32. The molecule has 1 atom stereocenters. The molecule has 10 heteroatoms. The molecule has 0 unspecified atom stereocenters. The lowest BCUT2D eigenvalue weighted by atomic mass is 10.0. The van der Waals surface area contributed by atoms with Crippen molar-refractivity contribution in [3.05, 3.63) is 53.8 Å². The van der Waals surface area contributed by atoms with E-state index in [1.807, 2.05) is 49.8 Å². The lowest BCUT2D eigenvalue weighted by Gasteiger charge is -2.40. The van der Waals surface area contributed by atoms with Crippen LogP contribution in [0.25, 0.3) is 0 Å². The number of piperazine rings is 1. The molecule has 0 spiro atoms. The van der Waals surface area contributed by atoms with Crippen molar-refractivity contribution in [3.63, 3.8) is 0 Å². The molecule has 0 aliphatic carbocycles. The summed E-state index contributed by atoms with van der Waals surface area (Å²) in [6.07, 6.45) is 1.35. The second kappa shape index (κ2) is 13.0. The van der Waals surface area contributed by atoms with Crippen LogP contribution in [0, 0.1) is 5.82 Å². The number of benzene rings is 2. The number of methoxy groups -OCH3 is 1. The van der Waals surface area contributed by atoms with E-state index in [0.717, 1.165) is 49.4 Å². The van der Waals surface area contributed by atoms with Crippen LogP contribution in [0.2, 0.25) is 0 Å². The van der Waals surface area contributed by atoms with Gasteiger partial charge < -0.3 is 24.6 Å². The highest BCUT2D eigenvalue weighted by atomic mass is 19.1. The number of nitrogens with zero attached hydrogens (tertiary/aromatic N) is 4. The monoisotopic (exact) mass is 569 g/mol. The Balaban J connectivity index is 1.24. The van der Waals surface area contributed by atoms with E-state index in [1.54, 1.807) is 17.0 Å². The second-order valence-electron chi connectivity index (χ2n) is 12.0. The highest BCUT2D eigenvalue weighted by Gasteiger charge is 2.31. The van der Waals surface area contributed by atoms with Gasteiger partial charge in [-0.25, -0.2) is 14.0 Å². The first-order valence-corrected chi connectivity index (χ1v) is 14.4. The van der Waals surface area contributed by atoms with Crippen molar-refractivity contribution < 1.29 is 23.5 Å². The van der Waals surface area contributed by atoms with Crippen molar-refractivity contribution in [1.29, 1.82) is 0 Å². The van der Waals surface area contributed by atoms with Gasteiger partial charge in [0.05, 0.1) is 7.11 Å². The minimum atomic E-state index is -0.502. The van der Waals surface area contributed by atoms with Crippen LogP contribution >= 0.6 is 0 Å². The maximum absolute atomic E-state index is 13.7. The maximum atomic E-state index is 13.7. The Hall–Kier alpha value is -3.53. The SMILES string of the molecule is COc1cc(NC2CCN(C(=O)N(C)c3ccc(CN4CCN(C(=O)OC(C)(C)C)[C@@H](C)C4)cc3)CC2)ccc1F. The minimum absolute atomic E-state index is 0.0215. The van der Waals surface area contributed by atoms with Gasteiger partial charge in [0, 0.05) is 75.8 Å². The molecular weight excluding hydrogens is 525 g/mol. The molecular formula is C31H44FN5O4. The topological polar surface area (TPSA) is 77.6 Å². The summed E-state index contributed by atoms with van der Waals surface area (Å²) >= 11 is 0. The molecule has 0 aromatic heterocycles. The van der Waals surface area contributed by atoms with E-state index in [9.17, 15) is 14.0 Å². The summed E-state index contributed by atoms with van der Waals surface area (Å²) < 4.78 is 24.3. The van der Waals surface area contributed by atoms with Crippen LogP contribution in [0.5, 0.6) is 5.75 Å². The fourth-order valence-electron chi connectivity index (χ4n) is 5.37. The molecule has 2 saturated heterocycles. The summed E-state index contributed by atoms with van der Waals surface area (Å²) in [4.78, 5) is 33.5. The molecule has 0 radical (unpaired) electrons. The van der Waals surface area contributed by atoms with E-state index in [4.69, 9.17) is 9.47 Å². The number of carbonyl (C=O) groups excluding carboxylic acids is 2. The first kappa shape index (κ1) is 30.4. The molecule has 0 bridgehead atoms. The molecule has 3 amide bonds. The molecule has 0 saturated carbocycles. The average Bonchev–Trinajstić information content (AvgIpc) is 2.93. The number of halogens is 1. The Kier molecular flexibility index (Phi) is 9.63. The molecule has 2 aromatic carbocycles. The van der Waals surface area contributed by atoms with Gasteiger partial charge in [0.1, 0.15) is 5.60 Å². The Morgan fingerprint density at radius 2 is 1.73 bits per heavy atom. The van der Waals surface area contributed by atoms with Crippen LogP contribution in [0.15, 0.2) is 42.5 Å². The van der Waals surface area contributed by atoms with Crippen molar-refractivity contribution in [2.24, 2.45) is 0 Å². The lowest BCUT2D eigenvalue weighted by Crippen LogP contribution is -2.54. The van der Waals surface area contributed by atoms with E-state index in [1.165, 1.54) is 13.2 Å². The van der Waals surface area contributed by atoms with Crippen LogP contribution < -0.4 is 15.0 Å². The van der Waals surface area contributed by atoms with E-state index >= 15 is 0 Å². The van der Waals surface area contributed by atoms with E-state index in [-0.39, 0.29) is 35.8 Å². The number of ether oxygens (including phenoxy) is 2. The van der Waals surface area contributed by atoms with Crippen LogP contribution in [-0.4, -0.2) is 91.4 Å². The van der Waals surface area contributed by atoms with Crippen molar-refractivity contribution >= 4 is 23.5 Å². The van der Waals surface area contributed by atoms with E-state index in [0.29, 0.717) is 19.6 Å². The fourth-order valence-corrected chi connectivity index (χ4v) is 5.37. The Labute approximate surface area is 243 Å². The van der Waals surface area contributed by atoms with Gasteiger partial charge in [-0.15, -0.1) is 0 Å². The van der Waals surface area contributed by atoms with E-state index in [2.05, 4.69) is 29.3 Å². The number of hydrogen-bond donors (Lipinski definition) is 1. The van der Waals surface area contributed by atoms with Gasteiger partial charge in [0.2, 0.25) is 0 Å². The first-order valence-electron chi connectivity index (χ1n) is 14.4. The Bertz CT molecular complexity index is 1190. The third-order valence-corrected chi connectivity index (χ3v) is 7.64. The Morgan fingerprint density at radius 3 is 2.34 bits per heavy atom. The van der Waals surface area contributed by atoms with E-state index < -0.39 is 5.60 Å². The number of nitrogens with one attached hydrogen (secondary N) is 1. The van der Waals surface area contributed by atoms with Crippen molar-refractivity contribution in [2.45, 2.75) is 64.8 Å². The molecule has 2 aliphatic rings. The Morgan fingerprint density at radius 1 is 1.05 bits per heavy atom. The number of urea groups is 1. The molecule has 4 rings (SSSR count). The smallest absolute Gasteiger partial charge is 0.410 e. The van der Waals surface area contributed by atoms with Crippen molar-refractivity contribution in [2.75, 3.05) is 57.1 Å². The molecule has 224 valence electrons. The van der Waals surface area contributed by atoms with Gasteiger partial charge in [0.25, 0.3) is 0 Å². The maximum Gasteiger partial charge on any atom is 0.410 e. The number of anilines is 2. The number of rotatable bonds is 6. The number of amides is 3. The second-order valence-corrected chi connectivity index (χ2v) is 12.0. The molecule has 1 N–H and O–H groups in total.